The van der Waals surface area contributed by atoms with Crippen molar-refractivity contribution in [3.63, 3.8) is 0 Å². The summed E-state index contributed by atoms with van der Waals surface area (Å²) in [6, 6.07) is 7.65. The molecule has 0 saturated carbocycles. The van der Waals surface area contributed by atoms with Crippen molar-refractivity contribution in [1.82, 2.24) is 0 Å². The summed E-state index contributed by atoms with van der Waals surface area (Å²) >= 11 is 0. The zero-order valence-corrected chi connectivity index (χ0v) is 10.3. The maximum atomic E-state index is 11.4. The number of rotatable bonds is 2. The van der Waals surface area contributed by atoms with Crippen molar-refractivity contribution in [3.8, 4) is 0 Å². The first kappa shape index (κ1) is 11.7. The minimum Gasteiger partial charge on any atom is -0.354 e. The van der Waals surface area contributed by atoms with Gasteiger partial charge in [0.2, 0.25) is 0 Å². The molecule has 1 aliphatic heterocycles. The number of nitro groups is 1. The number of hydrogen-bond acceptors (Lipinski definition) is 4. The zero-order valence-electron chi connectivity index (χ0n) is 10.3. The van der Waals surface area contributed by atoms with Crippen LogP contribution in [0.5, 0.6) is 0 Å². The molecule has 1 heterocycles. The van der Waals surface area contributed by atoms with Gasteiger partial charge in [-0.05, 0) is 23.8 Å². The van der Waals surface area contributed by atoms with Crippen LogP contribution in [0.25, 0.3) is 6.08 Å². The van der Waals surface area contributed by atoms with E-state index in [1.807, 2.05) is 30.3 Å². The highest BCUT2D eigenvalue weighted by molar-refractivity contribution is 5.80. The largest absolute Gasteiger partial charge is 0.373 e. The molecule has 0 aromatic heterocycles. The van der Waals surface area contributed by atoms with E-state index in [4.69, 9.17) is 4.74 Å². The summed E-state index contributed by atoms with van der Waals surface area (Å²) in [5.41, 5.74) is 1.43. The van der Waals surface area contributed by atoms with Crippen LogP contribution in [0.1, 0.15) is 5.56 Å². The van der Waals surface area contributed by atoms with Crippen molar-refractivity contribution in [1.29, 1.82) is 0 Å². The third-order valence-electron chi connectivity index (χ3n) is 3.37. The third-order valence-corrected chi connectivity index (χ3v) is 3.37. The van der Waals surface area contributed by atoms with Crippen LogP contribution in [-0.4, -0.2) is 17.8 Å². The number of benzene rings is 1. The Kier molecular flexibility index (Phi) is 2.50. The average molecular weight is 256 g/mol. The van der Waals surface area contributed by atoms with E-state index in [9.17, 15) is 10.1 Å². The maximum Gasteiger partial charge on any atom is 0.373 e. The first-order chi connectivity index (χ1) is 9.17. The second-order valence-electron chi connectivity index (χ2n) is 4.37. The van der Waals surface area contributed by atoms with Gasteiger partial charge in [-0.2, -0.15) is 0 Å². The van der Waals surface area contributed by atoms with Gasteiger partial charge in [-0.3, -0.25) is 10.1 Å². The fourth-order valence-corrected chi connectivity index (χ4v) is 2.39. The molecule has 0 bridgehead atoms. The van der Waals surface area contributed by atoms with Crippen LogP contribution in [0.4, 0.5) is 5.69 Å². The summed E-state index contributed by atoms with van der Waals surface area (Å²) < 4.78 is 5.19. The van der Waals surface area contributed by atoms with E-state index in [1.165, 1.54) is 13.2 Å². The monoisotopic (exact) mass is 256 g/mol. The van der Waals surface area contributed by atoms with E-state index in [-0.39, 0.29) is 0 Å². The SMILES string of the molecule is COC1([N+](=O)[O-])C=CC=C2Nc3ccccc3C=C21. The van der Waals surface area contributed by atoms with Crippen LogP contribution in [0.15, 0.2) is 53.8 Å². The van der Waals surface area contributed by atoms with Crippen molar-refractivity contribution in [2.45, 2.75) is 5.72 Å². The standard InChI is InChI=1S/C14H12N2O3/c1-19-14(16(17)18)8-4-7-13-11(14)9-10-5-2-3-6-12(10)15-13/h2-9,15H,1H3. The summed E-state index contributed by atoms with van der Waals surface area (Å²) in [4.78, 5) is 11.0. The van der Waals surface area contributed by atoms with Crippen LogP contribution in [0.3, 0.4) is 0 Å². The quantitative estimate of drug-likeness (QED) is 0.502. The van der Waals surface area contributed by atoms with Gasteiger partial charge in [0.15, 0.2) is 0 Å². The van der Waals surface area contributed by atoms with Crippen molar-refractivity contribution in [2.75, 3.05) is 12.4 Å². The highest BCUT2D eigenvalue weighted by Crippen LogP contribution is 2.39. The highest BCUT2D eigenvalue weighted by atomic mass is 16.7. The third kappa shape index (κ3) is 1.59. The zero-order chi connectivity index (χ0) is 13.5. The van der Waals surface area contributed by atoms with Gasteiger partial charge in [0, 0.05) is 18.9 Å². The Morgan fingerprint density at radius 2 is 2.16 bits per heavy atom. The van der Waals surface area contributed by atoms with Crippen LogP contribution >= 0.6 is 0 Å². The number of fused-ring (bicyclic) bond motifs is 2. The fraction of sp³-hybridized carbons (Fsp3) is 0.143. The van der Waals surface area contributed by atoms with Gasteiger partial charge in [-0.25, -0.2) is 0 Å². The van der Waals surface area contributed by atoms with Gasteiger partial charge >= 0.3 is 5.72 Å². The molecule has 96 valence electrons. The lowest BCUT2D eigenvalue weighted by Crippen LogP contribution is -2.43. The lowest BCUT2D eigenvalue weighted by molar-refractivity contribution is -0.597. The molecule has 5 nitrogen and oxygen atoms in total. The second kappa shape index (κ2) is 4.07. The molecule has 1 unspecified atom stereocenters. The van der Waals surface area contributed by atoms with E-state index in [2.05, 4.69) is 5.32 Å². The topological polar surface area (TPSA) is 64.4 Å². The number of hydrogen-bond donors (Lipinski definition) is 1. The highest BCUT2D eigenvalue weighted by Gasteiger charge is 2.48. The summed E-state index contributed by atoms with van der Waals surface area (Å²) in [5.74, 6) is 0. The molecule has 2 aliphatic rings. The molecule has 0 amide bonds. The molecule has 1 aromatic rings. The minimum absolute atomic E-state index is 0.419. The normalized spacial score (nSPS) is 23.6. The summed E-state index contributed by atoms with van der Waals surface area (Å²) in [6.07, 6.45) is 6.70. The molecule has 1 N–H and O–H groups in total. The molecule has 0 radical (unpaired) electrons. The number of allylic oxidation sites excluding steroid dienone is 2. The van der Waals surface area contributed by atoms with Gasteiger partial charge in [0.05, 0.1) is 16.2 Å². The predicted octanol–water partition coefficient (Wildman–Crippen LogP) is 2.57. The Balaban J connectivity index is 2.21. The van der Waals surface area contributed by atoms with Crippen molar-refractivity contribution in [3.05, 3.63) is 69.4 Å². The molecule has 3 rings (SSSR count). The summed E-state index contributed by atoms with van der Waals surface area (Å²) in [7, 11) is 1.34. The minimum atomic E-state index is -1.62. The molecule has 1 aliphatic carbocycles. The van der Waals surface area contributed by atoms with Crippen molar-refractivity contribution in [2.24, 2.45) is 0 Å². The predicted molar refractivity (Wildman–Crippen MR) is 72.0 cm³/mol. The summed E-state index contributed by atoms with van der Waals surface area (Å²) in [6.45, 7) is 0. The Morgan fingerprint density at radius 3 is 2.89 bits per heavy atom. The summed E-state index contributed by atoms with van der Waals surface area (Å²) in [5, 5.41) is 14.6. The fourth-order valence-electron chi connectivity index (χ4n) is 2.39. The van der Waals surface area contributed by atoms with Crippen LogP contribution < -0.4 is 5.32 Å². The van der Waals surface area contributed by atoms with Crippen molar-refractivity contribution < 1.29 is 9.66 Å². The van der Waals surface area contributed by atoms with Gasteiger partial charge in [0.1, 0.15) is 0 Å². The lowest BCUT2D eigenvalue weighted by Gasteiger charge is -2.30. The van der Waals surface area contributed by atoms with Gasteiger partial charge in [0.25, 0.3) is 0 Å². The molecule has 1 aromatic carbocycles. The number of nitrogens with zero attached hydrogens (tertiary/aromatic N) is 1. The molecule has 19 heavy (non-hydrogen) atoms. The van der Waals surface area contributed by atoms with E-state index in [0.29, 0.717) is 11.3 Å². The first-order valence-corrected chi connectivity index (χ1v) is 5.85. The van der Waals surface area contributed by atoms with E-state index in [1.54, 1.807) is 12.2 Å². The Hall–Kier alpha value is -2.40. The van der Waals surface area contributed by atoms with Crippen LogP contribution in [0, 0.1) is 10.1 Å². The van der Waals surface area contributed by atoms with E-state index >= 15 is 0 Å². The molecule has 0 saturated heterocycles. The number of anilines is 1. The smallest absolute Gasteiger partial charge is 0.354 e. The van der Waals surface area contributed by atoms with Gasteiger partial charge in [-0.15, -0.1) is 0 Å². The molecular weight excluding hydrogens is 244 g/mol. The van der Waals surface area contributed by atoms with E-state index in [0.717, 1.165) is 11.3 Å². The van der Waals surface area contributed by atoms with Gasteiger partial charge < -0.3 is 10.1 Å². The number of methoxy groups -OCH3 is 1. The molecule has 0 fully saturated rings. The molecule has 0 spiro atoms. The van der Waals surface area contributed by atoms with Crippen LogP contribution in [-0.2, 0) is 4.74 Å². The number of ether oxygens (including phenoxy) is 1. The number of para-hydroxylation sites is 1. The number of nitrogens with one attached hydrogen (secondary N) is 1. The Bertz CT molecular complexity index is 646. The van der Waals surface area contributed by atoms with E-state index < -0.39 is 10.6 Å². The first-order valence-electron chi connectivity index (χ1n) is 5.85. The molecule has 1 atom stereocenters. The maximum absolute atomic E-state index is 11.4. The second-order valence-corrected chi connectivity index (χ2v) is 4.37. The Labute approximate surface area is 110 Å². The molecular formula is C14H12N2O3. The lowest BCUT2D eigenvalue weighted by atomic mass is 9.89. The van der Waals surface area contributed by atoms with Crippen LogP contribution in [0.2, 0.25) is 0 Å². The van der Waals surface area contributed by atoms with Gasteiger partial charge in [-0.1, -0.05) is 24.3 Å². The Morgan fingerprint density at radius 1 is 1.37 bits per heavy atom. The van der Waals surface area contributed by atoms with Crippen molar-refractivity contribution >= 4 is 11.8 Å². The average Bonchev–Trinajstić information content (AvgIpc) is 2.44. The molecule has 5 heteroatoms.